The third-order valence-corrected chi connectivity index (χ3v) is 7.40. The van der Waals surface area contributed by atoms with Gasteiger partial charge < -0.3 is 15.1 Å². The number of nitrogens with zero attached hydrogens (tertiary/aromatic N) is 3. The first-order chi connectivity index (χ1) is 13.5. The third kappa shape index (κ3) is 3.65. The number of amides is 4. The van der Waals surface area contributed by atoms with Gasteiger partial charge >= 0.3 is 6.03 Å². The fourth-order valence-corrected chi connectivity index (χ4v) is 5.55. The van der Waals surface area contributed by atoms with E-state index in [1.165, 1.54) is 17.7 Å². The van der Waals surface area contributed by atoms with Gasteiger partial charge in [0, 0.05) is 32.6 Å². The zero-order chi connectivity index (χ0) is 19.7. The number of carbonyl (C=O) groups excluding carboxylic acids is 3. The van der Waals surface area contributed by atoms with Crippen LogP contribution in [0.1, 0.15) is 64.7 Å². The molecule has 1 N–H and O–H groups in total. The monoisotopic (exact) mass is 390 g/mol. The Morgan fingerprint density at radius 1 is 1.07 bits per heavy atom. The molecule has 3 saturated heterocycles. The van der Waals surface area contributed by atoms with Gasteiger partial charge in [-0.3, -0.25) is 14.5 Å². The summed E-state index contributed by atoms with van der Waals surface area (Å²) in [5.41, 5.74) is -0.723. The average molecular weight is 391 g/mol. The number of likely N-dealkylation sites (tertiary alicyclic amines) is 2. The van der Waals surface area contributed by atoms with E-state index in [-0.39, 0.29) is 23.9 Å². The van der Waals surface area contributed by atoms with Gasteiger partial charge in [0.2, 0.25) is 5.91 Å². The largest absolute Gasteiger partial charge is 0.341 e. The Bertz CT molecular complexity index is 623. The molecule has 3 aliphatic heterocycles. The fourth-order valence-electron chi connectivity index (χ4n) is 5.55. The van der Waals surface area contributed by atoms with Gasteiger partial charge in [0.05, 0.1) is 6.04 Å². The predicted octanol–water partition coefficient (Wildman–Crippen LogP) is 1.96. The lowest BCUT2D eigenvalue weighted by molar-refractivity contribution is -0.139. The number of hydrogen-bond acceptors (Lipinski definition) is 4. The summed E-state index contributed by atoms with van der Waals surface area (Å²) in [6.45, 7) is 6.03. The number of hydrogen-bond donors (Lipinski definition) is 1. The van der Waals surface area contributed by atoms with Crippen LogP contribution < -0.4 is 5.32 Å². The van der Waals surface area contributed by atoms with Gasteiger partial charge in [-0.15, -0.1) is 0 Å². The Morgan fingerprint density at radius 2 is 1.79 bits per heavy atom. The quantitative estimate of drug-likeness (QED) is 0.745. The third-order valence-electron chi connectivity index (χ3n) is 7.40. The second-order valence-electron chi connectivity index (χ2n) is 9.11. The summed E-state index contributed by atoms with van der Waals surface area (Å²) in [7, 11) is 0. The molecule has 0 unspecified atom stereocenters. The minimum Gasteiger partial charge on any atom is -0.341 e. The van der Waals surface area contributed by atoms with Crippen LogP contribution in [-0.4, -0.2) is 76.8 Å². The van der Waals surface area contributed by atoms with Gasteiger partial charge in [-0.05, 0) is 51.0 Å². The zero-order valence-electron chi connectivity index (χ0n) is 17.1. The molecule has 1 spiro atoms. The molecule has 1 aliphatic carbocycles. The van der Waals surface area contributed by atoms with Crippen LogP contribution in [0, 0.1) is 5.92 Å². The molecular formula is C21H34N4O3. The van der Waals surface area contributed by atoms with E-state index in [0.717, 1.165) is 51.9 Å². The van der Waals surface area contributed by atoms with Crippen LogP contribution in [0.15, 0.2) is 0 Å². The smallest absolute Gasteiger partial charge is 0.325 e. The standard InChI is InChI=1S/C21H34N4O3/c1-2-23-12-9-21(10-13-23)19(27)25(20(28)22-21)17-8-5-11-24(15-17)18(26)14-16-6-3-4-7-16/h16-17H,2-15H2,1H3,(H,22,28)/t17-/m1/s1. The van der Waals surface area contributed by atoms with Gasteiger partial charge in [-0.2, -0.15) is 0 Å². The molecule has 3 heterocycles. The second kappa shape index (κ2) is 8.01. The van der Waals surface area contributed by atoms with E-state index < -0.39 is 5.54 Å². The fraction of sp³-hybridized carbons (Fsp3) is 0.857. The van der Waals surface area contributed by atoms with E-state index in [9.17, 15) is 14.4 Å². The maximum Gasteiger partial charge on any atom is 0.325 e. The topological polar surface area (TPSA) is 73.0 Å². The molecule has 0 radical (unpaired) electrons. The van der Waals surface area contributed by atoms with Crippen molar-refractivity contribution in [2.45, 2.75) is 76.3 Å². The van der Waals surface area contributed by atoms with Crippen molar-refractivity contribution in [3.8, 4) is 0 Å². The lowest BCUT2D eigenvalue weighted by Gasteiger charge is -2.39. The van der Waals surface area contributed by atoms with Crippen molar-refractivity contribution in [2.24, 2.45) is 5.92 Å². The van der Waals surface area contributed by atoms with Crippen molar-refractivity contribution in [2.75, 3.05) is 32.7 Å². The summed E-state index contributed by atoms with van der Waals surface area (Å²) in [5, 5.41) is 3.02. The number of nitrogens with one attached hydrogen (secondary N) is 1. The van der Waals surface area contributed by atoms with Gasteiger partial charge in [0.15, 0.2) is 0 Å². The number of carbonyl (C=O) groups is 3. The Morgan fingerprint density at radius 3 is 2.46 bits per heavy atom. The summed E-state index contributed by atoms with van der Waals surface area (Å²) in [4.78, 5) is 44.4. The Hall–Kier alpha value is -1.63. The van der Waals surface area contributed by atoms with Crippen LogP contribution >= 0.6 is 0 Å². The normalized spacial score (nSPS) is 29.0. The van der Waals surface area contributed by atoms with Crippen molar-refractivity contribution >= 4 is 17.8 Å². The van der Waals surface area contributed by atoms with E-state index in [1.54, 1.807) is 0 Å². The van der Waals surface area contributed by atoms with E-state index in [0.29, 0.717) is 31.7 Å². The summed E-state index contributed by atoms with van der Waals surface area (Å²) < 4.78 is 0. The molecule has 7 heteroatoms. The molecule has 0 aromatic heterocycles. The van der Waals surface area contributed by atoms with Gasteiger partial charge in [0.1, 0.15) is 5.54 Å². The molecule has 28 heavy (non-hydrogen) atoms. The number of rotatable bonds is 4. The minimum atomic E-state index is -0.723. The molecule has 1 atom stereocenters. The molecular weight excluding hydrogens is 356 g/mol. The van der Waals surface area contributed by atoms with Crippen LogP contribution in [0.3, 0.4) is 0 Å². The highest BCUT2D eigenvalue weighted by atomic mass is 16.2. The lowest BCUT2D eigenvalue weighted by atomic mass is 9.87. The summed E-state index contributed by atoms with van der Waals surface area (Å²) in [5.74, 6) is 0.662. The Kier molecular flexibility index (Phi) is 5.63. The molecule has 4 amide bonds. The molecule has 1 saturated carbocycles. The van der Waals surface area contributed by atoms with Gasteiger partial charge in [0.25, 0.3) is 5.91 Å². The highest BCUT2D eigenvalue weighted by Crippen LogP contribution is 2.33. The molecule has 0 bridgehead atoms. The number of urea groups is 1. The van der Waals surface area contributed by atoms with Crippen LogP contribution in [0.4, 0.5) is 4.79 Å². The number of imide groups is 1. The Labute approximate surface area is 167 Å². The first-order valence-corrected chi connectivity index (χ1v) is 11.2. The Balaban J connectivity index is 1.39. The van der Waals surface area contributed by atoms with Crippen molar-refractivity contribution in [3.05, 3.63) is 0 Å². The summed E-state index contributed by atoms with van der Waals surface area (Å²) >= 11 is 0. The zero-order valence-corrected chi connectivity index (χ0v) is 17.1. The average Bonchev–Trinajstić information content (AvgIpc) is 3.29. The maximum absolute atomic E-state index is 13.3. The molecule has 0 aromatic carbocycles. The van der Waals surface area contributed by atoms with Crippen LogP contribution in [0.2, 0.25) is 0 Å². The van der Waals surface area contributed by atoms with Crippen molar-refractivity contribution in [3.63, 3.8) is 0 Å². The molecule has 0 aromatic rings. The maximum atomic E-state index is 13.3. The summed E-state index contributed by atoms with van der Waals surface area (Å²) in [6.07, 6.45) is 8.43. The van der Waals surface area contributed by atoms with Gasteiger partial charge in [-0.25, -0.2) is 4.79 Å². The second-order valence-corrected chi connectivity index (χ2v) is 9.11. The van der Waals surface area contributed by atoms with E-state index >= 15 is 0 Å². The van der Waals surface area contributed by atoms with E-state index in [1.807, 2.05) is 4.90 Å². The van der Waals surface area contributed by atoms with E-state index in [2.05, 4.69) is 17.1 Å². The minimum absolute atomic E-state index is 0.0663. The molecule has 4 fully saturated rings. The van der Waals surface area contributed by atoms with Crippen molar-refractivity contribution < 1.29 is 14.4 Å². The molecule has 156 valence electrons. The highest BCUT2D eigenvalue weighted by molar-refractivity contribution is 6.07. The van der Waals surface area contributed by atoms with Gasteiger partial charge in [-0.1, -0.05) is 19.8 Å². The first-order valence-electron chi connectivity index (χ1n) is 11.2. The first kappa shape index (κ1) is 19.7. The molecule has 4 rings (SSSR count). The van der Waals surface area contributed by atoms with Crippen LogP contribution in [-0.2, 0) is 9.59 Å². The highest BCUT2D eigenvalue weighted by Gasteiger charge is 2.54. The van der Waals surface area contributed by atoms with Crippen LogP contribution in [0.25, 0.3) is 0 Å². The molecule has 7 nitrogen and oxygen atoms in total. The van der Waals surface area contributed by atoms with Crippen molar-refractivity contribution in [1.29, 1.82) is 0 Å². The summed E-state index contributed by atoms with van der Waals surface area (Å²) in [6, 6.07) is -0.442. The van der Waals surface area contributed by atoms with E-state index in [4.69, 9.17) is 0 Å². The lowest BCUT2D eigenvalue weighted by Crippen LogP contribution is -2.56. The SMILES string of the molecule is CCN1CCC2(CC1)NC(=O)N([C@@H]1CCCN(C(=O)CC3CCCC3)C1)C2=O. The predicted molar refractivity (Wildman–Crippen MR) is 106 cm³/mol. The van der Waals surface area contributed by atoms with Crippen LogP contribution in [0.5, 0.6) is 0 Å². The number of piperidine rings is 2. The van der Waals surface area contributed by atoms with Crippen molar-refractivity contribution in [1.82, 2.24) is 20.0 Å². The molecule has 4 aliphatic rings.